The second-order valence-corrected chi connectivity index (χ2v) is 8.60. The maximum atomic E-state index is 12.6. The molecule has 36 heavy (non-hydrogen) atoms. The summed E-state index contributed by atoms with van der Waals surface area (Å²) in [6.07, 6.45) is 3.05. The van der Waals surface area contributed by atoms with Crippen LogP contribution in [0, 0.1) is 0 Å². The molecule has 0 aliphatic heterocycles. The van der Waals surface area contributed by atoms with Gasteiger partial charge in [0.15, 0.2) is 6.10 Å². The number of hydrogen-bond acceptors (Lipinski definition) is 3. The number of aromatic nitrogens is 1. The molecule has 0 bridgehead atoms. The SMILES string of the molecule is CC(Oc1ccc(-c2ccccc2)cc1)C(=O)N/N=C/c1cn(Cc2ccccc2)c2ccccc12. The fourth-order valence-corrected chi connectivity index (χ4v) is 4.16. The topological polar surface area (TPSA) is 55.6 Å². The quantitative estimate of drug-likeness (QED) is 0.213. The van der Waals surface area contributed by atoms with E-state index in [0.717, 1.165) is 34.1 Å². The molecule has 4 aromatic carbocycles. The van der Waals surface area contributed by atoms with Crippen LogP contribution in [-0.2, 0) is 11.3 Å². The van der Waals surface area contributed by atoms with Gasteiger partial charge in [0.05, 0.1) is 6.21 Å². The lowest BCUT2D eigenvalue weighted by Crippen LogP contribution is -2.33. The molecular weight excluding hydrogens is 446 g/mol. The minimum atomic E-state index is -0.691. The van der Waals surface area contributed by atoms with Crippen LogP contribution in [0.15, 0.2) is 120 Å². The first-order valence-electron chi connectivity index (χ1n) is 11.9. The molecule has 1 N–H and O–H groups in total. The maximum absolute atomic E-state index is 12.6. The summed E-state index contributed by atoms with van der Waals surface area (Å²) in [5.41, 5.74) is 8.11. The van der Waals surface area contributed by atoms with E-state index in [9.17, 15) is 4.79 Å². The summed E-state index contributed by atoms with van der Waals surface area (Å²) in [6, 6.07) is 36.3. The van der Waals surface area contributed by atoms with Gasteiger partial charge in [-0.3, -0.25) is 4.79 Å². The van der Waals surface area contributed by atoms with Crippen molar-refractivity contribution in [3.8, 4) is 16.9 Å². The van der Waals surface area contributed by atoms with Crippen LogP contribution in [0.1, 0.15) is 18.1 Å². The monoisotopic (exact) mass is 473 g/mol. The van der Waals surface area contributed by atoms with Crippen molar-refractivity contribution in [1.29, 1.82) is 0 Å². The number of hydrazone groups is 1. The molecule has 1 atom stereocenters. The third-order valence-corrected chi connectivity index (χ3v) is 6.04. The van der Waals surface area contributed by atoms with Crippen LogP contribution in [0.2, 0.25) is 0 Å². The largest absolute Gasteiger partial charge is 0.481 e. The highest BCUT2D eigenvalue weighted by molar-refractivity contribution is 5.99. The molecule has 5 aromatic rings. The van der Waals surface area contributed by atoms with Gasteiger partial charge in [0, 0.05) is 29.2 Å². The molecule has 0 saturated heterocycles. The lowest BCUT2D eigenvalue weighted by Gasteiger charge is -2.13. The summed E-state index contributed by atoms with van der Waals surface area (Å²) in [5, 5.41) is 5.29. The van der Waals surface area contributed by atoms with Crippen LogP contribution >= 0.6 is 0 Å². The Morgan fingerprint density at radius 2 is 1.50 bits per heavy atom. The van der Waals surface area contributed by atoms with Crippen molar-refractivity contribution in [3.63, 3.8) is 0 Å². The first-order chi connectivity index (χ1) is 17.7. The standard InChI is InChI=1S/C31H27N3O2/c1-23(36-28-18-16-26(17-19-28)25-12-6-3-7-13-25)31(35)33-32-20-27-22-34(21-24-10-4-2-5-11-24)30-15-9-8-14-29(27)30/h2-20,22-23H,21H2,1H3,(H,33,35)/b32-20+. The summed E-state index contributed by atoms with van der Waals surface area (Å²) in [4.78, 5) is 12.6. The van der Waals surface area contributed by atoms with Gasteiger partial charge in [-0.15, -0.1) is 0 Å². The number of para-hydroxylation sites is 1. The molecule has 5 rings (SSSR count). The third-order valence-electron chi connectivity index (χ3n) is 6.04. The minimum absolute atomic E-state index is 0.314. The van der Waals surface area contributed by atoms with E-state index in [2.05, 4.69) is 57.7 Å². The van der Waals surface area contributed by atoms with Crippen molar-refractivity contribution in [2.45, 2.75) is 19.6 Å². The average molecular weight is 474 g/mol. The molecule has 1 amide bonds. The van der Waals surface area contributed by atoms with Gasteiger partial charge in [-0.25, -0.2) is 5.43 Å². The Labute approximate surface area is 210 Å². The molecule has 0 spiro atoms. The van der Waals surface area contributed by atoms with Crippen molar-refractivity contribution < 1.29 is 9.53 Å². The second-order valence-electron chi connectivity index (χ2n) is 8.60. The Hall–Kier alpha value is -4.64. The zero-order chi connectivity index (χ0) is 24.7. The lowest BCUT2D eigenvalue weighted by atomic mass is 10.1. The number of nitrogens with zero attached hydrogens (tertiary/aromatic N) is 2. The van der Waals surface area contributed by atoms with Gasteiger partial charge in [0.1, 0.15) is 5.75 Å². The number of carbonyl (C=O) groups is 1. The fraction of sp³-hybridized carbons (Fsp3) is 0.0968. The van der Waals surface area contributed by atoms with Crippen molar-refractivity contribution in [2.24, 2.45) is 5.10 Å². The predicted octanol–water partition coefficient (Wildman–Crippen LogP) is 6.27. The molecule has 1 heterocycles. The molecule has 0 saturated carbocycles. The molecule has 1 unspecified atom stereocenters. The van der Waals surface area contributed by atoms with E-state index < -0.39 is 6.10 Å². The zero-order valence-electron chi connectivity index (χ0n) is 20.0. The number of carbonyl (C=O) groups excluding carboxylic acids is 1. The summed E-state index contributed by atoms with van der Waals surface area (Å²) in [6.45, 7) is 2.47. The average Bonchev–Trinajstić information content (AvgIpc) is 3.27. The number of hydrogen-bond donors (Lipinski definition) is 1. The van der Waals surface area contributed by atoms with Crippen molar-refractivity contribution in [1.82, 2.24) is 9.99 Å². The summed E-state index contributed by atoms with van der Waals surface area (Å²) in [5.74, 6) is 0.316. The third kappa shape index (κ3) is 5.36. The number of benzene rings is 4. The lowest BCUT2D eigenvalue weighted by molar-refractivity contribution is -0.127. The van der Waals surface area contributed by atoms with Crippen LogP contribution in [0.4, 0.5) is 0 Å². The molecular formula is C31H27N3O2. The van der Waals surface area contributed by atoms with Crippen LogP contribution in [0.5, 0.6) is 5.75 Å². The maximum Gasteiger partial charge on any atom is 0.280 e. The van der Waals surface area contributed by atoms with Gasteiger partial charge in [-0.05, 0) is 41.8 Å². The Balaban J connectivity index is 1.23. The van der Waals surface area contributed by atoms with E-state index in [4.69, 9.17) is 4.74 Å². The van der Waals surface area contributed by atoms with E-state index in [1.54, 1.807) is 13.1 Å². The highest BCUT2D eigenvalue weighted by Gasteiger charge is 2.14. The van der Waals surface area contributed by atoms with Gasteiger partial charge >= 0.3 is 0 Å². The first-order valence-corrected chi connectivity index (χ1v) is 11.9. The van der Waals surface area contributed by atoms with E-state index in [0.29, 0.717) is 5.75 Å². The Kier molecular flexibility index (Phi) is 6.90. The van der Waals surface area contributed by atoms with E-state index >= 15 is 0 Å². The molecule has 178 valence electrons. The van der Waals surface area contributed by atoms with Crippen LogP contribution in [0.3, 0.4) is 0 Å². The Morgan fingerprint density at radius 3 is 2.25 bits per heavy atom. The number of ether oxygens (including phenoxy) is 1. The summed E-state index contributed by atoms with van der Waals surface area (Å²) >= 11 is 0. The van der Waals surface area contributed by atoms with E-state index in [-0.39, 0.29) is 5.91 Å². The number of nitrogens with one attached hydrogen (secondary N) is 1. The summed E-state index contributed by atoms with van der Waals surface area (Å²) in [7, 11) is 0. The molecule has 0 aliphatic carbocycles. The molecule has 0 radical (unpaired) electrons. The Bertz CT molecular complexity index is 1470. The number of amides is 1. The van der Waals surface area contributed by atoms with Gasteiger partial charge in [0.25, 0.3) is 5.91 Å². The van der Waals surface area contributed by atoms with Gasteiger partial charge in [-0.1, -0.05) is 91.0 Å². The molecule has 5 heteroatoms. The van der Waals surface area contributed by atoms with Crippen molar-refractivity contribution in [3.05, 3.63) is 127 Å². The number of rotatable bonds is 8. The van der Waals surface area contributed by atoms with E-state index in [1.165, 1.54) is 5.56 Å². The highest BCUT2D eigenvalue weighted by atomic mass is 16.5. The predicted molar refractivity (Wildman–Crippen MR) is 145 cm³/mol. The number of fused-ring (bicyclic) bond motifs is 1. The molecule has 5 nitrogen and oxygen atoms in total. The zero-order valence-corrected chi connectivity index (χ0v) is 20.0. The van der Waals surface area contributed by atoms with Crippen molar-refractivity contribution >= 4 is 23.0 Å². The highest BCUT2D eigenvalue weighted by Crippen LogP contribution is 2.23. The molecule has 1 aromatic heterocycles. The fourth-order valence-electron chi connectivity index (χ4n) is 4.16. The second kappa shape index (κ2) is 10.7. The smallest absolute Gasteiger partial charge is 0.280 e. The molecule has 0 fully saturated rings. The molecule has 0 aliphatic rings. The Morgan fingerprint density at radius 1 is 0.861 bits per heavy atom. The minimum Gasteiger partial charge on any atom is -0.481 e. The van der Waals surface area contributed by atoms with E-state index in [1.807, 2.05) is 72.8 Å². The van der Waals surface area contributed by atoms with Gasteiger partial charge in [-0.2, -0.15) is 5.10 Å². The van der Waals surface area contributed by atoms with Crippen LogP contribution in [0.25, 0.3) is 22.0 Å². The van der Waals surface area contributed by atoms with Crippen LogP contribution in [-0.4, -0.2) is 22.8 Å². The first kappa shape index (κ1) is 23.1. The summed E-state index contributed by atoms with van der Waals surface area (Å²) < 4.78 is 8.01. The van der Waals surface area contributed by atoms with Gasteiger partial charge < -0.3 is 9.30 Å². The normalized spacial score (nSPS) is 12.0. The van der Waals surface area contributed by atoms with Gasteiger partial charge in [0.2, 0.25) is 0 Å². The van der Waals surface area contributed by atoms with Crippen molar-refractivity contribution in [2.75, 3.05) is 0 Å². The van der Waals surface area contributed by atoms with Crippen LogP contribution < -0.4 is 10.2 Å².